The molecular weight excluding hydrogens is 275 g/mol. The van der Waals surface area contributed by atoms with Gasteiger partial charge in [-0.15, -0.1) is 11.3 Å². The van der Waals surface area contributed by atoms with Gasteiger partial charge in [0.05, 0.1) is 22.5 Å². The molecule has 108 valence electrons. The minimum absolute atomic E-state index is 0.686. The third-order valence-electron chi connectivity index (χ3n) is 3.49. The van der Waals surface area contributed by atoms with Crippen LogP contribution in [-0.4, -0.2) is 38.0 Å². The molecule has 0 atom stereocenters. The number of aliphatic hydroxyl groups is 1. The topological polar surface area (TPSA) is 67.5 Å². The first-order valence-electron chi connectivity index (χ1n) is 6.37. The second-order valence-electron chi connectivity index (χ2n) is 5.69. The molecular formula is C13H19BN2O3S. The molecule has 0 aliphatic carbocycles. The Morgan fingerprint density at radius 2 is 2.00 bits per heavy atom. The van der Waals surface area contributed by atoms with E-state index < -0.39 is 18.3 Å². The predicted molar refractivity (Wildman–Crippen MR) is 80.5 cm³/mol. The van der Waals surface area contributed by atoms with Crippen LogP contribution in [0.4, 0.5) is 0 Å². The zero-order chi connectivity index (χ0) is 15.0. The van der Waals surface area contributed by atoms with Crippen molar-refractivity contribution in [2.45, 2.75) is 38.9 Å². The summed E-state index contributed by atoms with van der Waals surface area (Å²) in [4.78, 5) is 3.99. The van der Waals surface area contributed by atoms with Gasteiger partial charge in [-0.3, -0.25) is 4.57 Å². The van der Waals surface area contributed by atoms with Gasteiger partial charge in [0.1, 0.15) is 0 Å². The Kier molecular flexibility index (Phi) is 4.06. The summed E-state index contributed by atoms with van der Waals surface area (Å²) in [6, 6.07) is 3.70. The standard InChI is InChI=1S/C13H19BN2O3S/c1-12(2,17)13(3,4)19-14(18)10-5-6-11(20-10)16-8-7-15-9-16/h5-9,17-18H,1-4H3. The first kappa shape index (κ1) is 15.2. The Hall–Kier alpha value is -1.15. The van der Waals surface area contributed by atoms with E-state index in [-0.39, 0.29) is 0 Å². The van der Waals surface area contributed by atoms with Gasteiger partial charge in [-0.05, 0) is 39.8 Å². The van der Waals surface area contributed by atoms with Crippen LogP contribution < -0.4 is 4.78 Å². The number of rotatable bonds is 5. The highest BCUT2D eigenvalue weighted by Crippen LogP contribution is 2.26. The monoisotopic (exact) mass is 294 g/mol. The number of hydrogen-bond donors (Lipinski definition) is 2. The average molecular weight is 294 g/mol. The van der Waals surface area contributed by atoms with E-state index in [1.54, 1.807) is 40.2 Å². The van der Waals surface area contributed by atoms with Crippen LogP contribution in [0.2, 0.25) is 0 Å². The molecule has 0 saturated carbocycles. The number of thiophene rings is 1. The average Bonchev–Trinajstić information content (AvgIpc) is 2.98. The Morgan fingerprint density at radius 3 is 2.55 bits per heavy atom. The van der Waals surface area contributed by atoms with Gasteiger partial charge in [-0.2, -0.15) is 0 Å². The third kappa shape index (κ3) is 3.12. The molecule has 2 aromatic rings. The molecule has 0 aromatic carbocycles. The zero-order valence-corrected chi connectivity index (χ0v) is 12.9. The highest BCUT2D eigenvalue weighted by molar-refractivity contribution is 7.24. The number of imidazole rings is 1. The van der Waals surface area contributed by atoms with Crippen molar-refractivity contribution < 1.29 is 14.8 Å². The van der Waals surface area contributed by atoms with E-state index in [0.29, 0.717) is 4.78 Å². The molecule has 5 nitrogen and oxygen atoms in total. The first-order chi connectivity index (χ1) is 9.21. The van der Waals surface area contributed by atoms with Crippen molar-refractivity contribution in [1.29, 1.82) is 0 Å². The fourth-order valence-corrected chi connectivity index (χ4v) is 2.36. The normalized spacial score (nSPS) is 12.7. The molecule has 0 radical (unpaired) electrons. The van der Waals surface area contributed by atoms with Crippen LogP contribution >= 0.6 is 11.3 Å². The highest BCUT2D eigenvalue weighted by atomic mass is 32.1. The van der Waals surface area contributed by atoms with Crippen molar-refractivity contribution in [3.05, 3.63) is 30.9 Å². The molecule has 0 aliphatic rings. The Morgan fingerprint density at radius 1 is 1.30 bits per heavy atom. The SMILES string of the molecule is CC(C)(O)C(C)(C)OB(O)c1ccc(-n2ccnc2)s1. The number of hydrogen-bond acceptors (Lipinski definition) is 5. The summed E-state index contributed by atoms with van der Waals surface area (Å²) in [5.74, 6) is 0. The van der Waals surface area contributed by atoms with Crippen LogP contribution in [0.1, 0.15) is 27.7 Å². The Labute approximate surface area is 123 Å². The largest absolute Gasteiger partial charge is 0.502 e. The van der Waals surface area contributed by atoms with Crippen LogP contribution in [0.5, 0.6) is 0 Å². The Balaban J connectivity index is 2.13. The number of nitrogens with zero attached hydrogens (tertiary/aromatic N) is 2. The fraction of sp³-hybridized carbons (Fsp3) is 0.462. The maximum absolute atomic E-state index is 10.2. The fourth-order valence-electron chi connectivity index (χ4n) is 1.48. The van der Waals surface area contributed by atoms with Crippen LogP contribution in [0, 0.1) is 0 Å². The van der Waals surface area contributed by atoms with Crippen LogP contribution in [0.15, 0.2) is 30.9 Å². The quantitative estimate of drug-likeness (QED) is 0.813. The second-order valence-corrected chi connectivity index (χ2v) is 6.78. The lowest BCUT2D eigenvalue weighted by molar-refractivity contribution is -0.0981. The van der Waals surface area contributed by atoms with Crippen LogP contribution in [0.3, 0.4) is 0 Å². The van der Waals surface area contributed by atoms with Crippen molar-refractivity contribution in [3.63, 3.8) is 0 Å². The van der Waals surface area contributed by atoms with E-state index in [1.165, 1.54) is 11.3 Å². The van der Waals surface area contributed by atoms with Crippen molar-refractivity contribution in [1.82, 2.24) is 9.55 Å². The smallest absolute Gasteiger partial charge is 0.423 e. The van der Waals surface area contributed by atoms with Gasteiger partial charge in [-0.1, -0.05) is 0 Å². The van der Waals surface area contributed by atoms with Gasteiger partial charge >= 0.3 is 7.12 Å². The van der Waals surface area contributed by atoms with E-state index >= 15 is 0 Å². The second kappa shape index (κ2) is 5.33. The molecule has 7 heteroatoms. The minimum Gasteiger partial charge on any atom is -0.423 e. The van der Waals surface area contributed by atoms with E-state index in [4.69, 9.17) is 4.65 Å². The molecule has 0 unspecified atom stereocenters. The van der Waals surface area contributed by atoms with Gasteiger partial charge in [0.2, 0.25) is 0 Å². The summed E-state index contributed by atoms with van der Waals surface area (Å²) in [7, 11) is -1.07. The van der Waals surface area contributed by atoms with Gasteiger partial charge in [0, 0.05) is 17.2 Å². The molecule has 0 aliphatic heterocycles. The lowest BCUT2D eigenvalue weighted by Crippen LogP contribution is -2.52. The van der Waals surface area contributed by atoms with Gasteiger partial charge in [-0.25, -0.2) is 4.98 Å². The van der Waals surface area contributed by atoms with Gasteiger partial charge in [0.25, 0.3) is 0 Å². The summed E-state index contributed by atoms with van der Waals surface area (Å²) in [5.41, 5.74) is -1.93. The van der Waals surface area contributed by atoms with E-state index in [0.717, 1.165) is 5.00 Å². The zero-order valence-electron chi connectivity index (χ0n) is 12.1. The summed E-state index contributed by atoms with van der Waals surface area (Å²) in [5, 5.41) is 21.2. The highest BCUT2D eigenvalue weighted by Gasteiger charge is 2.39. The maximum Gasteiger partial charge on any atom is 0.502 e. The molecule has 0 saturated heterocycles. The summed E-state index contributed by atoms with van der Waals surface area (Å²) >= 11 is 1.42. The van der Waals surface area contributed by atoms with Crippen molar-refractivity contribution in [2.24, 2.45) is 0 Å². The molecule has 0 fully saturated rings. The van der Waals surface area contributed by atoms with E-state index in [9.17, 15) is 10.1 Å². The third-order valence-corrected chi connectivity index (χ3v) is 4.62. The number of aromatic nitrogens is 2. The van der Waals surface area contributed by atoms with E-state index in [2.05, 4.69) is 4.98 Å². The van der Waals surface area contributed by atoms with Crippen LogP contribution in [-0.2, 0) is 4.65 Å². The molecule has 2 N–H and O–H groups in total. The van der Waals surface area contributed by atoms with E-state index in [1.807, 2.05) is 22.9 Å². The molecule has 0 amide bonds. The summed E-state index contributed by atoms with van der Waals surface area (Å²) < 4.78 is 8.16. The minimum atomic E-state index is -1.07. The van der Waals surface area contributed by atoms with Gasteiger partial charge in [0.15, 0.2) is 0 Å². The lowest BCUT2D eigenvalue weighted by Gasteiger charge is -2.38. The molecule has 0 spiro atoms. The molecule has 20 heavy (non-hydrogen) atoms. The first-order valence-corrected chi connectivity index (χ1v) is 7.19. The predicted octanol–water partition coefficient (Wildman–Crippen LogP) is 1.19. The van der Waals surface area contributed by atoms with Gasteiger partial charge < -0.3 is 14.8 Å². The molecule has 2 aromatic heterocycles. The summed E-state index contributed by atoms with van der Waals surface area (Å²) in [6.07, 6.45) is 5.23. The maximum atomic E-state index is 10.2. The van der Waals surface area contributed by atoms with Crippen molar-refractivity contribution in [3.8, 4) is 5.00 Å². The lowest BCUT2D eigenvalue weighted by atomic mass is 9.82. The molecule has 2 rings (SSSR count). The molecule has 0 bridgehead atoms. The van der Waals surface area contributed by atoms with Crippen molar-refractivity contribution in [2.75, 3.05) is 0 Å². The summed E-state index contributed by atoms with van der Waals surface area (Å²) in [6.45, 7) is 6.82. The van der Waals surface area contributed by atoms with Crippen molar-refractivity contribution >= 4 is 23.2 Å². The van der Waals surface area contributed by atoms with Crippen LogP contribution in [0.25, 0.3) is 5.00 Å². The Bertz CT molecular complexity index is 560. The molecule has 2 heterocycles.